The van der Waals surface area contributed by atoms with E-state index in [1.54, 1.807) is 5.32 Å². The van der Waals surface area contributed by atoms with Crippen LogP contribution in [0.3, 0.4) is 0 Å². The number of carbonyl (C=O) groups excluding carboxylic acids is 1. The second-order valence-corrected chi connectivity index (χ2v) is 4.85. The van der Waals surface area contributed by atoms with Crippen LogP contribution in [0.2, 0.25) is 0 Å². The van der Waals surface area contributed by atoms with Gasteiger partial charge in [0.2, 0.25) is 0 Å². The Labute approximate surface area is 132 Å². The summed E-state index contributed by atoms with van der Waals surface area (Å²) in [6.45, 7) is 2.66. The van der Waals surface area contributed by atoms with E-state index in [1.807, 2.05) is 0 Å². The summed E-state index contributed by atoms with van der Waals surface area (Å²) in [5.41, 5.74) is -1.06. The lowest BCUT2D eigenvalue weighted by Gasteiger charge is -2.13. The number of aryl methyl sites for hydroxylation is 1. The molecule has 7 nitrogen and oxygen atoms in total. The van der Waals surface area contributed by atoms with Crippen LogP contribution in [0, 0.1) is 40.3 Å². The maximum atomic E-state index is 13.5. The highest BCUT2D eigenvalue weighted by Gasteiger charge is 2.27. The van der Waals surface area contributed by atoms with E-state index in [2.05, 4.69) is 5.10 Å². The smallest absolute Gasteiger partial charge is 0.358 e. The zero-order valence-corrected chi connectivity index (χ0v) is 12.3. The average Bonchev–Trinajstić information content (AvgIpc) is 2.90. The number of nitrogens with one attached hydrogen (secondary N) is 1. The third-order valence-corrected chi connectivity index (χ3v) is 3.20. The molecule has 1 N–H and O–H groups in total. The average molecular weight is 346 g/mol. The molecule has 128 valence electrons. The van der Waals surface area contributed by atoms with E-state index < -0.39 is 51.6 Å². The number of benzene rings is 1. The van der Waals surface area contributed by atoms with Gasteiger partial charge in [0.25, 0.3) is 5.91 Å². The van der Waals surface area contributed by atoms with Gasteiger partial charge in [0, 0.05) is 6.07 Å². The number of nitrogens with zero attached hydrogens (tertiary/aromatic N) is 3. The van der Waals surface area contributed by atoms with Crippen LogP contribution in [0.25, 0.3) is 0 Å². The first-order chi connectivity index (χ1) is 11.1. The Hall–Kier alpha value is -2.98. The minimum Gasteiger partial charge on any atom is -0.358 e. The van der Waals surface area contributed by atoms with Crippen LogP contribution < -0.4 is 5.32 Å². The summed E-state index contributed by atoms with van der Waals surface area (Å²) >= 11 is 0. The fourth-order valence-electron chi connectivity index (χ4n) is 1.97. The molecule has 1 amide bonds. The Morgan fingerprint density at radius 1 is 1.25 bits per heavy atom. The first-order valence-electron chi connectivity index (χ1n) is 6.47. The molecule has 1 aromatic carbocycles. The van der Waals surface area contributed by atoms with Crippen LogP contribution in [0.1, 0.15) is 18.7 Å². The molecule has 0 bridgehead atoms. The monoisotopic (exact) mass is 346 g/mol. The molecule has 0 aliphatic rings. The number of nitro groups is 1. The van der Waals surface area contributed by atoms with Crippen molar-refractivity contribution >= 4 is 17.4 Å². The lowest BCUT2D eigenvalue weighted by atomic mass is 10.2. The molecule has 0 radical (unpaired) electrons. The van der Waals surface area contributed by atoms with Crippen molar-refractivity contribution in [3.8, 4) is 0 Å². The van der Waals surface area contributed by atoms with Crippen molar-refractivity contribution in [1.29, 1.82) is 0 Å². The Balaban J connectivity index is 2.32. The number of hydrogen-bond donors (Lipinski definition) is 1. The van der Waals surface area contributed by atoms with Crippen molar-refractivity contribution in [3.63, 3.8) is 0 Å². The standard InChI is InChI=1S/C13H10F4N4O3/c1-5-3-9(21(23)24)19-20(5)6(2)13(22)18-12-10(16)7(14)4-8(15)11(12)17/h3-4,6H,1-2H3,(H,18,22). The topological polar surface area (TPSA) is 90.1 Å². The maximum absolute atomic E-state index is 13.5. The minimum absolute atomic E-state index is 0.00472. The summed E-state index contributed by atoms with van der Waals surface area (Å²) in [7, 11) is 0. The Morgan fingerprint density at radius 3 is 2.25 bits per heavy atom. The van der Waals surface area contributed by atoms with Gasteiger partial charge in [-0.15, -0.1) is 0 Å². The molecule has 11 heteroatoms. The summed E-state index contributed by atoms with van der Waals surface area (Å²) in [6.07, 6.45) is 0. The van der Waals surface area contributed by atoms with E-state index in [0.717, 1.165) is 10.7 Å². The molecule has 1 unspecified atom stereocenters. The van der Waals surface area contributed by atoms with Crippen LogP contribution >= 0.6 is 0 Å². The number of carbonyl (C=O) groups is 1. The zero-order valence-electron chi connectivity index (χ0n) is 12.3. The highest BCUT2D eigenvalue weighted by atomic mass is 19.2. The quantitative estimate of drug-likeness (QED) is 0.399. The van der Waals surface area contributed by atoms with Crippen molar-refractivity contribution < 1.29 is 27.3 Å². The summed E-state index contributed by atoms with van der Waals surface area (Å²) in [5, 5.41) is 16.0. The van der Waals surface area contributed by atoms with Crippen molar-refractivity contribution in [2.45, 2.75) is 19.9 Å². The molecule has 1 aromatic heterocycles. The largest absolute Gasteiger partial charge is 0.390 e. The van der Waals surface area contributed by atoms with Crippen LogP contribution in [-0.4, -0.2) is 20.6 Å². The summed E-state index contributed by atoms with van der Waals surface area (Å²) in [6, 6.07) is -0.138. The molecule has 0 spiro atoms. The highest BCUT2D eigenvalue weighted by Crippen LogP contribution is 2.25. The molecule has 0 saturated carbocycles. The second-order valence-electron chi connectivity index (χ2n) is 4.85. The van der Waals surface area contributed by atoms with Crippen molar-refractivity contribution in [3.05, 3.63) is 51.2 Å². The normalized spacial score (nSPS) is 12.1. The lowest BCUT2D eigenvalue weighted by Crippen LogP contribution is -2.26. The molecule has 0 saturated heterocycles. The third-order valence-electron chi connectivity index (χ3n) is 3.20. The third kappa shape index (κ3) is 3.05. The van der Waals surface area contributed by atoms with Crippen LogP contribution in [0.4, 0.5) is 29.1 Å². The predicted molar refractivity (Wildman–Crippen MR) is 73.2 cm³/mol. The molecule has 2 aromatic rings. The number of anilines is 1. The van der Waals surface area contributed by atoms with Gasteiger partial charge in [-0.3, -0.25) is 4.79 Å². The van der Waals surface area contributed by atoms with Crippen LogP contribution in [0.15, 0.2) is 12.1 Å². The lowest BCUT2D eigenvalue weighted by molar-refractivity contribution is -0.389. The predicted octanol–water partition coefficient (Wildman–Crippen LogP) is 2.86. The molecule has 0 fully saturated rings. The fraction of sp³-hybridized carbons (Fsp3) is 0.231. The number of aromatic nitrogens is 2. The Morgan fingerprint density at radius 2 is 1.79 bits per heavy atom. The van der Waals surface area contributed by atoms with Gasteiger partial charge in [-0.05, 0) is 18.8 Å². The van der Waals surface area contributed by atoms with Crippen molar-refractivity contribution in [1.82, 2.24) is 9.78 Å². The summed E-state index contributed by atoms with van der Waals surface area (Å²) < 4.78 is 54.3. The van der Waals surface area contributed by atoms with Crippen molar-refractivity contribution in [2.24, 2.45) is 0 Å². The Kier molecular flexibility index (Phi) is 4.53. The second kappa shape index (κ2) is 6.26. The molecular weight excluding hydrogens is 336 g/mol. The molecule has 0 aliphatic carbocycles. The zero-order chi connectivity index (χ0) is 18.2. The molecule has 2 rings (SSSR count). The first kappa shape index (κ1) is 17.4. The summed E-state index contributed by atoms with van der Waals surface area (Å²) in [5.74, 6) is -8.49. The number of amides is 1. The van der Waals surface area contributed by atoms with E-state index in [4.69, 9.17) is 0 Å². The van der Waals surface area contributed by atoms with Gasteiger partial charge < -0.3 is 15.4 Å². The van der Waals surface area contributed by atoms with Crippen LogP contribution in [-0.2, 0) is 4.79 Å². The van der Waals surface area contributed by atoms with Gasteiger partial charge in [-0.2, -0.15) is 4.68 Å². The van der Waals surface area contributed by atoms with Gasteiger partial charge in [0.1, 0.15) is 11.7 Å². The highest BCUT2D eigenvalue weighted by molar-refractivity contribution is 5.93. The molecule has 1 heterocycles. The number of halogens is 4. The van der Waals surface area contributed by atoms with Crippen molar-refractivity contribution in [2.75, 3.05) is 5.32 Å². The SMILES string of the molecule is Cc1cc([N+](=O)[O-])nn1C(C)C(=O)Nc1c(F)c(F)cc(F)c1F. The van der Waals surface area contributed by atoms with Gasteiger partial charge in [0.05, 0.1) is 16.9 Å². The minimum atomic E-state index is -1.77. The van der Waals surface area contributed by atoms with E-state index in [0.29, 0.717) is 0 Å². The molecule has 0 aliphatic heterocycles. The molecular formula is C13H10F4N4O3. The Bertz CT molecular complexity index is 811. The van der Waals surface area contributed by atoms with Gasteiger partial charge >= 0.3 is 5.82 Å². The van der Waals surface area contributed by atoms with Gasteiger partial charge in [-0.1, -0.05) is 0 Å². The summed E-state index contributed by atoms with van der Waals surface area (Å²) in [4.78, 5) is 21.9. The van der Waals surface area contributed by atoms with Crippen LogP contribution in [0.5, 0.6) is 0 Å². The number of hydrogen-bond acceptors (Lipinski definition) is 4. The maximum Gasteiger partial charge on any atom is 0.390 e. The van der Waals surface area contributed by atoms with E-state index in [1.165, 1.54) is 13.8 Å². The number of rotatable bonds is 4. The molecule has 24 heavy (non-hydrogen) atoms. The van der Waals surface area contributed by atoms with E-state index in [9.17, 15) is 32.5 Å². The first-order valence-corrected chi connectivity index (χ1v) is 6.47. The van der Waals surface area contributed by atoms with Gasteiger partial charge in [-0.25, -0.2) is 17.6 Å². The fourth-order valence-corrected chi connectivity index (χ4v) is 1.97. The van der Waals surface area contributed by atoms with E-state index in [-0.39, 0.29) is 11.8 Å². The molecule has 1 atom stereocenters. The van der Waals surface area contributed by atoms with E-state index >= 15 is 0 Å². The van der Waals surface area contributed by atoms with Gasteiger partial charge in [0.15, 0.2) is 23.3 Å².